The molecule has 1 atom stereocenters. The van der Waals surface area contributed by atoms with Crippen molar-refractivity contribution in [1.29, 1.82) is 0 Å². The van der Waals surface area contributed by atoms with Crippen molar-refractivity contribution in [3.8, 4) is 0 Å². The smallest absolute Gasteiger partial charge is 0.335 e. The summed E-state index contributed by atoms with van der Waals surface area (Å²) in [5.74, 6) is -1.40. The Hall–Kier alpha value is -2.51. The first-order chi connectivity index (χ1) is 14.3. The molecule has 2 aromatic carbocycles. The number of carboxylic acid groups (broad SMARTS) is 1. The molecule has 0 radical (unpaired) electrons. The first kappa shape index (κ1) is 23.8. The maximum Gasteiger partial charge on any atom is 0.335 e. The number of rotatable bonds is 10. The largest absolute Gasteiger partial charge is 0.478 e. The molecule has 160 valence electrons. The van der Waals surface area contributed by atoms with Crippen molar-refractivity contribution in [3.63, 3.8) is 0 Å². The normalized spacial score (nSPS) is 11.6. The average Bonchev–Trinajstić information content (AvgIpc) is 2.72. The lowest BCUT2D eigenvalue weighted by Crippen LogP contribution is -2.24. The molecule has 0 saturated heterocycles. The number of benzene rings is 2. The molecule has 0 spiro atoms. The standard InChI is InChI=1S/C22H25ClN2O4S/c1-3-5-9-20(26)24-15-7-6-8-16(13-15)30-19(4-2)21(27)25-18-12-14(22(28)29)10-11-17(18)23/h6-8,10-13,19H,3-5,9H2,1-2H3,(H,24,26)(H,25,27)(H,28,29). The molecule has 0 heterocycles. The number of aromatic carboxylic acids is 1. The molecule has 0 saturated carbocycles. The second-order valence-electron chi connectivity index (χ2n) is 6.68. The fourth-order valence-corrected chi connectivity index (χ4v) is 3.84. The van der Waals surface area contributed by atoms with Crippen molar-refractivity contribution < 1.29 is 19.5 Å². The number of nitrogens with one attached hydrogen (secondary N) is 2. The highest BCUT2D eigenvalue weighted by Gasteiger charge is 2.20. The van der Waals surface area contributed by atoms with Gasteiger partial charge in [0.1, 0.15) is 0 Å². The van der Waals surface area contributed by atoms with Crippen LogP contribution in [0, 0.1) is 0 Å². The maximum absolute atomic E-state index is 12.8. The van der Waals surface area contributed by atoms with Gasteiger partial charge in [-0.05, 0) is 49.2 Å². The van der Waals surface area contributed by atoms with E-state index in [0.717, 1.165) is 17.7 Å². The molecule has 0 aliphatic rings. The number of carboxylic acids is 1. The highest BCUT2D eigenvalue weighted by Crippen LogP contribution is 2.30. The predicted molar refractivity (Wildman–Crippen MR) is 122 cm³/mol. The molecule has 6 nitrogen and oxygen atoms in total. The number of thioether (sulfide) groups is 1. The van der Waals surface area contributed by atoms with E-state index >= 15 is 0 Å². The Kier molecular flexibility index (Phi) is 9.20. The van der Waals surface area contributed by atoms with Crippen LogP contribution < -0.4 is 10.6 Å². The van der Waals surface area contributed by atoms with Gasteiger partial charge in [-0.1, -0.05) is 37.9 Å². The summed E-state index contributed by atoms with van der Waals surface area (Å²) in [7, 11) is 0. The number of unbranched alkanes of at least 4 members (excludes halogenated alkanes) is 1. The van der Waals surface area contributed by atoms with Crippen molar-refractivity contribution in [3.05, 3.63) is 53.1 Å². The van der Waals surface area contributed by atoms with E-state index in [1.807, 2.05) is 38.1 Å². The summed E-state index contributed by atoms with van der Waals surface area (Å²) in [5, 5.41) is 14.6. The third kappa shape index (κ3) is 7.07. The van der Waals surface area contributed by atoms with E-state index in [0.29, 0.717) is 18.5 Å². The fourth-order valence-electron chi connectivity index (χ4n) is 2.66. The van der Waals surface area contributed by atoms with Crippen LogP contribution in [0.25, 0.3) is 0 Å². The van der Waals surface area contributed by atoms with Gasteiger partial charge in [-0.2, -0.15) is 0 Å². The molecular formula is C22H25ClN2O4S. The Balaban J connectivity index is 2.07. The van der Waals surface area contributed by atoms with Crippen molar-refractivity contribution in [2.75, 3.05) is 10.6 Å². The van der Waals surface area contributed by atoms with E-state index in [2.05, 4.69) is 10.6 Å². The number of hydrogen-bond donors (Lipinski definition) is 3. The monoisotopic (exact) mass is 448 g/mol. The SMILES string of the molecule is CCCCC(=O)Nc1cccc(SC(CC)C(=O)Nc2cc(C(=O)O)ccc2Cl)c1. The second kappa shape index (κ2) is 11.6. The highest BCUT2D eigenvalue weighted by molar-refractivity contribution is 8.00. The van der Waals surface area contributed by atoms with Gasteiger partial charge >= 0.3 is 5.97 Å². The number of hydrogen-bond acceptors (Lipinski definition) is 4. The van der Waals surface area contributed by atoms with Gasteiger partial charge in [-0.3, -0.25) is 9.59 Å². The summed E-state index contributed by atoms with van der Waals surface area (Å²) in [4.78, 5) is 36.7. The Morgan fingerprint density at radius 1 is 1.10 bits per heavy atom. The third-order valence-corrected chi connectivity index (χ3v) is 5.98. The predicted octanol–water partition coefficient (Wildman–Crippen LogP) is 5.68. The van der Waals surface area contributed by atoms with E-state index in [9.17, 15) is 14.4 Å². The summed E-state index contributed by atoms with van der Waals surface area (Å²) >= 11 is 7.47. The highest BCUT2D eigenvalue weighted by atomic mass is 35.5. The molecule has 2 rings (SSSR count). The summed E-state index contributed by atoms with van der Waals surface area (Å²) in [6.45, 7) is 3.93. The summed E-state index contributed by atoms with van der Waals surface area (Å²) in [6, 6.07) is 11.5. The van der Waals surface area contributed by atoms with Crippen LogP contribution in [0.1, 0.15) is 49.9 Å². The van der Waals surface area contributed by atoms with E-state index in [1.54, 1.807) is 0 Å². The summed E-state index contributed by atoms with van der Waals surface area (Å²) in [5.41, 5.74) is 0.994. The number of anilines is 2. The van der Waals surface area contributed by atoms with Crippen LogP contribution in [-0.4, -0.2) is 28.1 Å². The van der Waals surface area contributed by atoms with Crippen LogP contribution in [0.5, 0.6) is 0 Å². The van der Waals surface area contributed by atoms with E-state index in [1.165, 1.54) is 30.0 Å². The molecule has 30 heavy (non-hydrogen) atoms. The Morgan fingerprint density at radius 2 is 1.87 bits per heavy atom. The lowest BCUT2D eigenvalue weighted by molar-refractivity contribution is -0.116. The molecule has 8 heteroatoms. The minimum atomic E-state index is -1.10. The zero-order valence-electron chi connectivity index (χ0n) is 16.9. The van der Waals surface area contributed by atoms with Gasteiger partial charge in [0, 0.05) is 17.0 Å². The van der Waals surface area contributed by atoms with Gasteiger partial charge in [-0.15, -0.1) is 11.8 Å². The van der Waals surface area contributed by atoms with Gasteiger partial charge in [0.25, 0.3) is 0 Å². The Morgan fingerprint density at radius 3 is 2.53 bits per heavy atom. The van der Waals surface area contributed by atoms with Gasteiger partial charge in [0.15, 0.2) is 0 Å². The minimum Gasteiger partial charge on any atom is -0.478 e. The first-order valence-corrected chi connectivity index (χ1v) is 11.0. The molecule has 2 amide bonds. The van der Waals surface area contributed by atoms with Crippen molar-refractivity contribution in [2.24, 2.45) is 0 Å². The lowest BCUT2D eigenvalue weighted by Gasteiger charge is -2.16. The van der Waals surface area contributed by atoms with E-state index < -0.39 is 11.2 Å². The van der Waals surface area contributed by atoms with Crippen LogP contribution in [0.4, 0.5) is 11.4 Å². The molecule has 2 aromatic rings. The van der Waals surface area contributed by atoms with Gasteiger partial charge in [0.05, 0.1) is 21.5 Å². The zero-order chi connectivity index (χ0) is 22.1. The van der Waals surface area contributed by atoms with Crippen LogP contribution in [0.15, 0.2) is 47.4 Å². The number of halogens is 1. The topological polar surface area (TPSA) is 95.5 Å². The summed E-state index contributed by atoms with van der Waals surface area (Å²) < 4.78 is 0. The molecule has 0 fully saturated rings. The van der Waals surface area contributed by atoms with Crippen LogP contribution >= 0.6 is 23.4 Å². The Bertz CT molecular complexity index is 920. The lowest BCUT2D eigenvalue weighted by atomic mass is 10.2. The molecule has 0 aromatic heterocycles. The quantitative estimate of drug-likeness (QED) is 0.406. The van der Waals surface area contributed by atoms with Crippen molar-refractivity contribution in [1.82, 2.24) is 0 Å². The van der Waals surface area contributed by atoms with E-state index in [-0.39, 0.29) is 28.1 Å². The second-order valence-corrected chi connectivity index (χ2v) is 8.37. The van der Waals surface area contributed by atoms with E-state index in [4.69, 9.17) is 16.7 Å². The third-order valence-electron chi connectivity index (χ3n) is 4.29. The van der Waals surface area contributed by atoms with Gasteiger partial charge < -0.3 is 15.7 Å². The van der Waals surface area contributed by atoms with Gasteiger partial charge in [-0.25, -0.2) is 4.79 Å². The van der Waals surface area contributed by atoms with Crippen molar-refractivity contribution in [2.45, 2.75) is 49.7 Å². The minimum absolute atomic E-state index is 0.0308. The number of carbonyl (C=O) groups is 3. The molecule has 3 N–H and O–H groups in total. The molecule has 0 bridgehead atoms. The fraction of sp³-hybridized carbons (Fsp3) is 0.318. The average molecular weight is 449 g/mol. The first-order valence-electron chi connectivity index (χ1n) is 9.74. The molecule has 0 aliphatic carbocycles. The summed E-state index contributed by atoms with van der Waals surface area (Å²) in [6.07, 6.45) is 2.82. The molecular weight excluding hydrogens is 424 g/mol. The molecule has 0 aliphatic heterocycles. The van der Waals surface area contributed by atoms with Crippen LogP contribution in [0.3, 0.4) is 0 Å². The van der Waals surface area contributed by atoms with Crippen LogP contribution in [-0.2, 0) is 9.59 Å². The number of amides is 2. The van der Waals surface area contributed by atoms with Crippen molar-refractivity contribution >= 4 is 52.5 Å². The van der Waals surface area contributed by atoms with Gasteiger partial charge in [0.2, 0.25) is 11.8 Å². The van der Waals surface area contributed by atoms with Crippen LogP contribution in [0.2, 0.25) is 5.02 Å². The molecule has 1 unspecified atom stereocenters. The maximum atomic E-state index is 12.8. The zero-order valence-corrected chi connectivity index (χ0v) is 18.5. The number of carbonyl (C=O) groups excluding carboxylic acids is 2. The Labute approximate surface area is 185 Å².